The highest BCUT2D eigenvalue weighted by molar-refractivity contribution is 5.95. The van der Waals surface area contributed by atoms with Crippen molar-refractivity contribution in [2.45, 2.75) is 71.6 Å². The van der Waals surface area contributed by atoms with Crippen molar-refractivity contribution in [3.63, 3.8) is 0 Å². The van der Waals surface area contributed by atoms with E-state index in [0.29, 0.717) is 18.2 Å². The number of nitrogens with one attached hydrogen (secondary N) is 1. The number of carbonyl (C=O) groups excluding carboxylic acids is 1. The van der Waals surface area contributed by atoms with Gasteiger partial charge in [-0.2, -0.15) is 0 Å². The molecule has 0 saturated heterocycles. The summed E-state index contributed by atoms with van der Waals surface area (Å²) in [6, 6.07) is 6.75. The second-order valence-corrected chi connectivity index (χ2v) is 7.42. The number of H-pyrrole nitrogens is 1. The number of aryl methyl sites for hydroxylation is 1. The fourth-order valence-corrected chi connectivity index (χ4v) is 3.96. The predicted molar refractivity (Wildman–Crippen MR) is 108 cm³/mol. The number of carbonyl (C=O) groups is 1. The summed E-state index contributed by atoms with van der Waals surface area (Å²) in [4.78, 5) is 20.0. The van der Waals surface area contributed by atoms with Crippen LogP contribution in [-0.2, 0) is 6.42 Å². The third-order valence-corrected chi connectivity index (χ3v) is 5.55. The minimum atomic E-state index is 0.0612. The summed E-state index contributed by atoms with van der Waals surface area (Å²) >= 11 is 0. The van der Waals surface area contributed by atoms with E-state index in [1.165, 1.54) is 29.5 Å². The number of ketones is 1. The minimum absolute atomic E-state index is 0.0612. The molecular formula is C23H30N2O. The van der Waals surface area contributed by atoms with E-state index >= 15 is 0 Å². The Kier molecular flexibility index (Phi) is 6.08. The quantitative estimate of drug-likeness (QED) is 0.622. The summed E-state index contributed by atoms with van der Waals surface area (Å²) in [5.74, 6) is 1.12. The molecule has 0 saturated carbocycles. The average Bonchev–Trinajstić information content (AvgIpc) is 3.11. The van der Waals surface area contributed by atoms with Gasteiger partial charge in [0.25, 0.3) is 0 Å². The van der Waals surface area contributed by atoms with Crippen LogP contribution in [0.15, 0.2) is 30.5 Å². The maximum Gasteiger partial charge on any atom is 0.202 e. The number of rotatable bonds is 7. The van der Waals surface area contributed by atoms with E-state index in [0.717, 1.165) is 36.9 Å². The van der Waals surface area contributed by atoms with Crippen molar-refractivity contribution in [3.8, 4) is 0 Å². The van der Waals surface area contributed by atoms with E-state index in [4.69, 9.17) is 0 Å². The van der Waals surface area contributed by atoms with E-state index in [1.807, 2.05) is 6.92 Å². The molecule has 0 bridgehead atoms. The molecule has 0 atom stereocenters. The zero-order valence-electron chi connectivity index (χ0n) is 16.3. The molecule has 1 aromatic carbocycles. The summed E-state index contributed by atoms with van der Waals surface area (Å²) in [7, 11) is 0. The molecule has 2 aromatic rings. The van der Waals surface area contributed by atoms with Gasteiger partial charge in [0.2, 0.25) is 5.78 Å². The van der Waals surface area contributed by atoms with Crippen LogP contribution in [0.3, 0.4) is 0 Å². The third kappa shape index (κ3) is 4.14. The van der Waals surface area contributed by atoms with Gasteiger partial charge in [-0.3, -0.25) is 4.79 Å². The molecule has 138 valence electrons. The number of hydrogen-bond donors (Lipinski definition) is 1. The molecule has 0 amide bonds. The normalized spacial score (nSPS) is 14.5. The van der Waals surface area contributed by atoms with Gasteiger partial charge >= 0.3 is 0 Å². The summed E-state index contributed by atoms with van der Waals surface area (Å²) in [6.45, 7) is 6.43. The van der Waals surface area contributed by atoms with E-state index in [-0.39, 0.29) is 5.78 Å². The molecule has 0 unspecified atom stereocenters. The van der Waals surface area contributed by atoms with Gasteiger partial charge in [0.05, 0.1) is 0 Å². The summed E-state index contributed by atoms with van der Waals surface area (Å²) < 4.78 is 0. The topological polar surface area (TPSA) is 45.8 Å². The van der Waals surface area contributed by atoms with Crippen LogP contribution in [0.1, 0.15) is 91.3 Å². The summed E-state index contributed by atoms with van der Waals surface area (Å²) in [5.41, 5.74) is 6.16. The van der Waals surface area contributed by atoms with E-state index in [9.17, 15) is 4.79 Å². The van der Waals surface area contributed by atoms with Crippen molar-refractivity contribution in [2.75, 3.05) is 0 Å². The molecule has 0 fully saturated rings. The van der Waals surface area contributed by atoms with Gasteiger partial charge in [-0.1, -0.05) is 38.1 Å². The van der Waals surface area contributed by atoms with E-state index in [1.54, 1.807) is 6.20 Å². The lowest BCUT2D eigenvalue weighted by molar-refractivity contribution is 0.0984. The second-order valence-electron chi connectivity index (χ2n) is 7.42. The first kappa shape index (κ1) is 18.6. The Morgan fingerprint density at radius 1 is 1.23 bits per heavy atom. The monoisotopic (exact) mass is 350 g/mol. The van der Waals surface area contributed by atoms with Crippen LogP contribution in [0.2, 0.25) is 0 Å². The molecule has 3 rings (SSSR count). The maximum atomic E-state index is 12.7. The molecule has 1 N–H and O–H groups in total. The fraction of sp³-hybridized carbons (Fsp3) is 0.478. The molecule has 1 aliphatic rings. The zero-order valence-corrected chi connectivity index (χ0v) is 16.3. The predicted octanol–water partition coefficient (Wildman–Crippen LogP) is 6.00. The second kappa shape index (κ2) is 8.48. The number of allylic oxidation sites excluding steroid dienone is 2. The molecule has 3 nitrogen and oxygen atoms in total. The standard InChI is InChI=1S/C23H30N2O/c1-4-17(5-2)19-11-12-20(14-22(26)23-24-15-16(3)25-23)21(13-19)18-9-7-6-8-10-18/h9,11-13,15,17H,4-8,10,14H2,1-3H3,(H,24,25). The first-order valence-corrected chi connectivity index (χ1v) is 9.99. The van der Waals surface area contributed by atoms with E-state index in [2.05, 4.69) is 48.1 Å². The van der Waals surface area contributed by atoms with Crippen LogP contribution >= 0.6 is 0 Å². The largest absolute Gasteiger partial charge is 0.340 e. The van der Waals surface area contributed by atoms with Crippen molar-refractivity contribution in [2.24, 2.45) is 0 Å². The smallest absolute Gasteiger partial charge is 0.202 e. The number of imidazole rings is 1. The average molecular weight is 351 g/mol. The van der Waals surface area contributed by atoms with Crippen molar-refractivity contribution >= 4 is 11.4 Å². The maximum absolute atomic E-state index is 12.7. The Labute approximate surface area is 156 Å². The third-order valence-electron chi connectivity index (χ3n) is 5.55. The molecule has 0 spiro atoms. The van der Waals surface area contributed by atoms with Crippen molar-refractivity contribution < 1.29 is 4.79 Å². The molecular weight excluding hydrogens is 320 g/mol. The Morgan fingerprint density at radius 2 is 2.04 bits per heavy atom. The van der Waals surface area contributed by atoms with Gasteiger partial charge < -0.3 is 4.98 Å². The van der Waals surface area contributed by atoms with Crippen LogP contribution in [0, 0.1) is 6.92 Å². The van der Waals surface area contributed by atoms with Gasteiger partial charge in [-0.25, -0.2) is 4.98 Å². The molecule has 0 aliphatic heterocycles. The number of benzene rings is 1. The minimum Gasteiger partial charge on any atom is -0.340 e. The molecule has 26 heavy (non-hydrogen) atoms. The Hall–Kier alpha value is -2.16. The van der Waals surface area contributed by atoms with Crippen molar-refractivity contribution in [1.82, 2.24) is 9.97 Å². The van der Waals surface area contributed by atoms with Crippen LogP contribution < -0.4 is 0 Å². The van der Waals surface area contributed by atoms with Crippen molar-refractivity contribution in [3.05, 3.63) is 58.7 Å². The van der Waals surface area contributed by atoms with Gasteiger partial charge in [0.1, 0.15) is 0 Å². The highest BCUT2D eigenvalue weighted by atomic mass is 16.1. The lowest BCUT2D eigenvalue weighted by Gasteiger charge is -2.20. The van der Waals surface area contributed by atoms with Crippen LogP contribution in [0.5, 0.6) is 0 Å². The molecule has 3 heteroatoms. The number of aromatic amines is 1. The summed E-state index contributed by atoms with van der Waals surface area (Å²) in [6.07, 6.45) is 11.6. The number of Topliss-reactive ketones (excluding diaryl/α,β-unsaturated/α-hetero) is 1. The SMILES string of the molecule is CCC(CC)c1ccc(CC(=O)c2ncc(C)[nH]2)c(C2=CCCCC2)c1. The van der Waals surface area contributed by atoms with E-state index < -0.39 is 0 Å². The van der Waals surface area contributed by atoms with Gasteiger partial charge in [0, 0.05) is 18.3 Å². The van der Waals surface area contributed by atoms with Crippen LogP contribution in [-0.4, -0.2) is 15.8 Å². The lowest BCUT2D eigenvalue weighted by Crippen LogP contribution is -2.09. The number of aromatic nitrogens is 2. The Bertz CT molecular complexity index is 796. The first-order valence-electron chi connectivity index (χ1n) is 9.99. The number of hydrogen-bond acceptors (Lipinski definition) is 2. The van der Waals surface area contributed by atoms with Crippen molar-refractivity contribution in [1.29, 1.82) is 0 Å². The fourth-order valence-electron chi connectivity index (χ4n) is 3.96. The zero-order chi connectivity index (χ0) is 18.5. The van der Waals surface area contributed by atoms with Crippen LogP contribution in [0.4, 0.5) is 0 Å². The lowest BCUT2D eigenvalue weighted by atomic mass is 9.85. The van der Waals surface area contributed by atoms with Gasteiger partial charge in [-0.05, 0) is 73.6 Å². The number of nitrogens with zero attached hydrogens (tertiary/aromatic N) is 1. The Morgan fingerprint density at radius 3 is 2.65 bits per heavy atom. The summed E-state index contributed by atoms with van der Waals surface area (Å²) in [5, 5.41) is 0. The highest BCUT2D eigenvalue weighted by Gasteiger charge is 2.18. The van der Waals surface area contributed by atoms with Gasteiger partial charge in [-0.15, -0.1) is 0 Å². The highest BCUT2D eigenvalue weighted by Crippen LogP contribution is 2.33. The van der Waals surface area contributed by atoms with Gasteiger partial charge in [0.15, 0.2) is 5.82 Å². The molecule has 0 radical (unpaired) electrons. The molecule has 1 aromatic heterocycles. The van der Waals surface area contributed by atoms with Crippen LogP contribution in [0.25, 0.3) is 5.57 Å². The Balaban J connectivity index is 1.95. The molecule has 1 aliphatic carbocycles. The first-order chi connectivity index (χ1) is 12.6. The molecule has 1 heterocycles.